The molecule has 4 aromatic rings. The molecule has 0 radical (unpaired) electrons. The second-order valence-corrected chi connectivity index (χ2v) is 4.44. The summed E-state index contributed by atoms with van der Waals surface area (Å²) in [5, 5.41) is 7.08. The van der Waals surface area contributed by atoms with Gasteiger partial charge >= 0.3 is 0 Å². The fourth-order valence-electron chi connectivity index (χ4n) is 2.68. The maximum Gasteiger partial charge on any atom is 0.0623 e. The molecule has 3 aromatic carbocycles. The van der Waals surface area contributed by atoms with Gasteiger partial charge in [0.05, 0.1) is 1.37 Å². The number of benzene rings is 3. The van der Waals surface area contributed by atoms with E-state index in [-0.39, 0.29) is 0 Å². The van der Waals surface area contributed by atoms with Gasteiger partial charge in [-0.3, -0.25) is 4.98 Å². The lowest BCUT2D eigenvalue weighted by Gasteiger charge is -2.09. The summed E-state index contributed by atoms with van der Waals surface area (Å²) in [6.45, 7) is 0. The smallest absolute Gasteiger partial charge is 0.0623 e. The van der Waals surface area contributed by atoms with Gasteiger partial charge in [0.1, 0.15) is 0 Å². The van der Waals surface area contributed by atoms with Crippen LogP contribution in [0.4, 0.5) is 0 Å². The van der Waals surface area contributed by atoms with Crippen LogP contribution in [0.5, 0.6) is 0 Å². The Morgan fingerprint density at radius 3 is 2.06 bits per heavy atom. The Balaban J connectivity index is 2.43. The molecule has 0 fully saturated rings. The predicted octanol–water partition coefficient (Wildman–Crippen LogP) is 4.54. The van der Waals surface area contributed by atoms with E-state index in [2.05, 4.69) is 29.2 Å². The summed E-state index contributed by atoms with van der Waals surface area (Å²) < 4.78 is 7.84. The van der Waals surface area contributed by atoms with E-state index in [0.717, 1.165) is 10.8 Å². The van der Waals surface area contributed by atoms with Crippen molar-refractivity contribution in [3.8, 4) is 0 Å². The highest BCUT2D eigenvalue weighted by atomic mass is 14.6. The molecule has 18 heavy (non-hydrogen) atoms. The molecule has 0 aliphatic heterocycles. The molecule has 1 heteroatoms. The molecule has 0 spiro atoms. The number of fused-ring (bicyclic) bond motifs is 6. The Hall–Kier alpha value is -2.41. The minimum atomic E-state index is 0.535. The van der Waals surface area contributed by atoms with Crippen LogP contribution in [0.1, 0.15) is 1.37 Å². The monoisotopic (exact) mass is 230 g/mol. The summed E-state index contributed by atoms with van der Waals surface area (Å²) in [4.78, 5) is 4.24. The maximum atomic E-state index is 7.84. The molecule has 0 aliphatic rings. The van der Waals surface area contributed by atoms with E-state index in [0.29, 0.717) is 6.04 Å². The fraction of sp³-hybridized carbons (Fsp3) is 0. The predicted molar refractivity (Wildman–Crippen MR) is 76.8 cm³/mol. The van der Waals surface area contributed by atoms with E-state index in [9.17, 15) is 0 Å². The first-order chi connectivity index (χ1) is 9.34. The first-order valence-corrected chi connectivity index (χ1v) is 5.99. The number of hydrogen-bond donors (Lipinski definition) is 0. The first kappa shape index (κ1) is 8.65. The van der Waals surface area contributed by atoms with Crippen molar-refractivity contribution in [1.29, 1.82) is 0 Å². The van der Waals surface area contributed by atoms with Gasteiger partial charge in [-0.05, 0) is 33.0 Å². The standard InChI is InChI=1S/C17H11N/c1-2-7-14-12(5-1)13-6-3-4-8-15(13)17-11-18-10-9-16(14)17/h1-11H/i4D. The first-order valence-electron chi connectivity index (χ1n) is 6.49. The number of pyridine rings is 1. The van der Waals surface area contributed by atoms with Gasteiger partial charge in [0.25, 0.3) is 0 Å². The Bertz CT molecular complexity index is 893. The third-order valence-corrected chi connectivity index (χ3v) is 3.48. The van der Waals surface area contributed by atoms with Gasteiger partial charge in [-0.15, -0.1) is 0 Å². The van der Waals surface area contributed by atoms with Crippen molar-refractivity contribution >= 4 is 32.3 Å². The van der Waals surface area contributed by atoms with Gasteiger partial charge in [0.15, 0.2) is 0 Å². The molecule has 0 saturated heterocycles. The summed E-state index contributed by atoms with van der Waals surface area (Å²) in [5.41, 5.74) is 0. The molecule has 0 N–H and O–H groups in total. The second-order valence-electron chi connectivity index (χ2n) is 4.44. The van der Waals surface area contributed by atoms with Gasteiger partial charge in [0.2, 0.25) is 0 Å². The molecule has 0 amide bonds. The van der Waals surface area contributed by atoms with Crippen molar-refractivity contribution < 1.29 is 1.37 Å². The average Bonchev–Trinajstić information content (AvgIpc) is 2.47. The average molecular weight is 230 g/mol. The zero-order valence-corrected chi connectivity index (χ0v) is 9.72. The Kier molecular flexibility index (Phi) is 1.70. The number of hydrogen-bond acceptors (Lipinski definition) is 1. The minimum absolute atomic E-state index is 0.535. The van der Waals surface area contributed by atoms with Crippen LogP contribution in [-0.4, -0.2) is 4.98 Å². The van der Waals surface area contributed by atoms with Crippen LogP contribution < -0.4 is 0 Å². The molecule has 0 atom stereocenters. The molecule has 1 nitrogen and oxygen atoms in total. The van der Waals surface area contributed by atoms with Gasteiger partial charge in [-0.25, -0.2) is 0 Å². The maximum absolute atomic E-state index is 7.84. The molecule has 84 valence electrons. The zero-order valence-electron chi connectivity index (χ0n) is 10.7. The molecule has 1 aromatic heterocycles. The van der Waals surface area contributed by atoms with Crippen molar-refractivity contribution in [3.05, 3.63) is 67.0 Å². The molecule has 0 saturated carbocycles. The van der Waals surface area contributed by atoms with Crippen LogP contribution in [0.3, 0.4) is 0 Å². The lowest BCUT2D eigenvalue weighted by Crippen LogP contribution is -1.83. The van der Waals surface area contributed by atoms with Gasteiger partial charge < -0.3 is 0 Å². The van der Waals surface area contributed by atoms with E-state index in [1.807, 2.05) is 36.7 Å². The molecule has 0 bridgehead atoms. The van der Waals surface area contributed by atoms with E-state index in [1.54, 1.807) is 0 Å². The summed E-state index contributed by atoms with van der Waals surface area (Å²) in [5.74, 6) is 0. The third kappa shape index (κ3) is 1.19. The van der Waals surface area contributed by atoms with Crippen molar-refractivity contribution in [2.75, 3.05) is 0 Å². The molecule has 0 aliphatic carbocycles. The van der Waals surface area contributed by atoms with Crippen LogP contribution in [0.2, 0.25) is 0 Å². The molecule has 1 heterocycles. The zero-order chi connectivity index (χ0) is 12.8. The SMILES string of the molecule is [2H]c1ccc2c3ccccc3c3ccncc3c2c1. The minimum Gasteiger partial charge on any atom is -0.264 e. The molecule has 4 rings (SSSR count). The van der Waals surface area contributed by atoms with Gasteiger partial charge in [-0.2, -0.15) is 0 Å². The van der Waals surface area contributed by atoms with E-state index in [1.165, 1.54) is 21.5 Å². The molecular formula is C17H11N. The van der Waals surface area contributed by atoms with Crippen molar-refractivity contribution in [2.24, 2.45) is 0 Å². The van der Waals surface area contributed by atoms with E-state index in [4.69, 9.17) is 1.37 Å². The normalized spacial score (nSPS) is 12.1. The Labute approximate surface area is 106 Å². The largest absolute Gasteiger partial charge is 0.264 e. The fourth-order valence-corrected chi connectivity index (χ4v) is 2.68. The highest BCUT2D eigenvalue weighted by Gasteiger charge is 2.06. The quantitative estimate of drug-likeness (QED) is 0.404. The lowest BCUT2D eigenvalue weighted by molar-refractivity contribution is 1.37. The van der Waals surface area contributed by atoms with Crippen molar-refractivity contribution in [2.45, 2.75) is 0 Å². The topological polar surface area (TPSA) is 12.9 Å². The van der Waals surface area contributed by atoms with Crippen molar-refractivity contribution in [1.82, 2.24) is 4.98 Å². The number of aromatic nitrogens is 1. The van der Waals surface area contributed by atoms with Crippen LogP contribution in [0.15, 0.2) is 67.0 Å². The number of rotatable bonds is 0. The van der Waals surface area contributed by atoms with Gasteiger partial charge in [-0.1, -0.05) is 48.5 Å². The summed E-state index contributed by atoms with van der Waals surface area (Å²) >= 11 is 0. The summed E-state index contributed by atoms with van der Waals surface area (Å²) in [6.07, 6.45) is 3.72. The van der Waals surface area contributed by atoms with Gasteiger partial charge in [0, 0.05) is 17.8 Å². The second kappa shape index (κ2) is 3.54. The van der Waals surface area contributed by atoms with E-state index < -0.39 is 0 Å². The highest BCUT2D eigenvalue weighted by Crippen LogP contribution is 2.33. The Morgan fingerprint density at radius 1 is 0.667 bits per heavy atom. The number of nitrogens with zero attached hydrogens (tertiary/aromatic N) is 1. The highest BCUT2D eigenvalue weighted by molar-refractivity contribution is 6.24. The summed E-state index contributed by atoms with van der Waals surface area (Å²) in [7, 11) is 0. The Morgan fingerprint density at radius 2 is 1.28 bits per heavy atom. The molecule has 0 unspecified atom stereocenters. The van der Waals surface area contributed by atoms with Crippen LogP contribution >= 0.6 is 0 Å². The summed E-state index contributed by atoms with van der Waals surface area (Å²) in [6, 6.07) is 16.8. The lowest BCUT2D eigenvalue weighted by atomic mass is 9.96. The van der Waals surface area contributed by atoms with Crippen molar-refractivity contribution in [3.63, 3.8) is 0 Å². The van der Waals surface area contributed by atoms with Crippen LogP contribution in [0.25, 0.3) is 32.3 Å². The van der Waals surface area contributed by atoms with Crippen LogP contribution in [0, 0.1) is 0 Å². The molecular weight excluding hydrogens is 218 g/mol. The third-order valence-electron chi connectivity index (χ3n) is 3.48. The van der Waals surface area contributed by atoms with Crippen LogP contribution in [-0.2, 0) is 0 Å². The van der Waals surface area contributed by atoms with E-state index >= 15 is 0 Å².